The number of hydrogen-bond acceptors (Lipinski definition) is 4. The Morgan fingerprint density at radius 1 is 1.67 bits per heavy atom. The lowest BCUT2D eigenvalue weighted by molar-refractivity contribution is 0.300. The number of nitrogens with one attached hydrogen (secondary N) is 1. The first kappa shape index (κ1) is 8.75. The molecule has 1 aromatic heterocycles. The molecule has 0 amide bonds. The highest BCUT2D eigenvalue weighted by atomic mass is 16.6. The predicted octanol–water partition coefficient (Wildman–Crippen LogP) is 0.489. The molecule has 0 saturated carbocycles. The molecule has 1 heterocycles. The Hall–Kier alpha value is -1.34. The molecular weight excluding hydrogens is 154 g/mol. The van der Waals surface area contributed by atoms with Crippen LogP contribution < -0.4 is 5.32 Å². The highest BCUT2D eigenvalue weighted by Gasteiger charge is 2.04. The van der Waals surface area contributed by atoms with Gasteiger partial charge in [-0.05, 0) is 13.8 Å². The van der Waals surface area contributed by atoms with Crippen molar-refractivity contribution in [1.82, 2.24) is 15.6 Å². The summed E-state index contributed by atoms with van der Waals surface area (Å²) in [6, 6.07) is 0.0427. The van der Waals surface area contributed by atoms with Crippen LogP contribution >= 0.6 is 0 Å². The smallest absolute Gasteiger partial charge is 0.121 e. The molecule has 0 aromatic carbocycles. The molecule has 64 valence electrons. The molecule has 0 saturated heterocycles. The van der Waals surface area contributed by atoms with Gasteiger partial charge in [0.15, 0.2) is 0 Å². The van der Waals surface area contributed by atoms with Gasteiger partial charge in [0.2, 0.25) is 0 Å². The Kier molecular flexibility index (Phi) is 2.83. The van der Waals surface area contributed by atoms with Crippen molar-refractivity contribution in [2.24, 2.45) is 0 Å². The maximum absolute atomic E-state index is 5.18. The molecule has 0 bridgehead atoms. The molecule has 4 nitrogen and oxygen atoms in total. The van der Waals surface area contributed by atoms with Gasteiger partial charge in [-0.3, -0.25) is 5.32 Å². The lowest BCUT2D eigenvalue weighted by Crippen LogP contribution is -2.24. The summed E-state index contributed by atoms with van der Waals surface area (Å²) in [7, 11) is 0. The van der Waals surface area contributed by atoms with Crippen molar-refractivity contribution in [2.75, 3.05) is 0 Å². The molecule has 1 rings (SSSR count). The van der Waals surface area contributed by atoms with Gasteiger partial charge >= 0.3 is 0 Å². The topological polar surface area (TPSA) is 51.0 Å². The van der Waals surface area contributed by atoms with Gasteiger partial charge in [0.1, 0.15) is 11.4 Å². The van der Waals surface area contributed by atoms with Crippen LogP contribution in [0.15, 0.2) is 4.63 Å². The second-order valence-electron chi connectivity index (χ2n) is 2.57. The van der Waals surface area contributed by atoms with E-state index in [0.717, 1.165) is 11.4 Å². The minimum atomic E-state index is 0.0427. The van der Waals surface area contributed by atoms with E-state index in [1.807, 2.05) is 13.8 Å². The molecule has 0 fully saturated rings. The Balaban J connectivity index is 2.44. The van der Waals surface area contributed by atoms with Crippen molar-refractivity contribution in [3.05, 3.63) is 11.4 Å². The number of aromatic nitrogens is 2. The Bertz CT molecular complexity index is 287. The van der Waals surface area contributed by atoms with Crippen LogP contribution in [0.25, 0.3) is 0 Å². The van der Waals surface area contributed by atoms with E-state index in [1.54, 1.807) is 0 Å². The lowest BCUT2D eigenvalue weighted by Gasteiger charge is -2.03. The summed E-state index contributed by atoms with van der Waals surface area (Å²) >= 11 is 0. The van der Waals surface area contributed by atoms with Crippen LogP contribution in [-0.4, -0.2) is 16.4 Å². The Labute approximate surface area is 71.3 Å². The van der Waals surface area contributed by atoms with Crippen molar-refractivity contribution >= 4 is 0 Å². The largest absolute Gasteiger partial charge is 0.298 e. The first-order valence-electron chi connectivity index (χ1n) is 3.71. The molecule has 0 spiro atoms. The van der Waals surface area contributed by atoms with E-state index >= 15 is 0 Å². The zero-order chi connectivity index (χ0) is 8.97. The molecule has 1 atom stereocenters. The highest BCUT2D eigenvalue weighted by Crippen LogP contribution is 1.99. The average molecular weight is 165 g/mol. The third-order valence-electron chi connectivity index (χ3n) is 1.57. The first-order valence-corrected chi connectivity index (χ1v) is 3.71. The maximum Gasteiger partial charge on any atom is 0.121 e. The van der Waals surface area contributed by atoms with Gasteiger partial charge in [0, 0.05) is 6.54 Å². The number of terminal acetylenes is 1. The normalized spacial score (nSPS) is 12.4. The minimum absolute atomic E-state index is 0.0427. The summed E-state index contributed by atoms with van der Waals surface area (Å²) in [6.45, 7) is 4.34. The van der Waals surface area contributed by atoms with E-state index in [4.69, 9.17) is 6.42 Å². The van der Waals surface area contributed by atoms with Crippen molar-refractivity contribution in [3.63, 3.8) is 0 Å². The SMILES string of the molecule is C#CC(C)NCc1nonc1C. The number of aryl methyl sites for hydroxylation is 1. The Morgan fingerprint density at radius 2 is 2.42 bits per heavy atom. The van der Waals surface area contributed by atoms with E-state index in [1.165, 1.54) is 0 Å². The molecule has 1 unspecified atom stereocenters. The number of hydrogen-bond donors (Lipinski definition) is 1. The van der Waals surface area contributed by atoms with Crippen molar-refractivity contribution in [2.45, 2.75) is 26.4 Å². The van der Waals surface area contributed by atoms with Gasteiger partial charge in [-0.2, -0.15) is 0 Å². The number of rotatable bonds is 3. The van der Waals surface area contributed by atoms with Crippen molar-refractivity contribution in [3.8, 4) is 12.3 Å². The molecule has 0 aliphatic rings. The second kappa shape index (κ2) is 3.88. The molecule has 4 heteroatoms. The summed E-state index contributed by atoms with van der Waals surface area (Å²) in [5, 5.41) is 10.4. The van der Waals surface area contributed by atoms with Crippen LogP contribution in [0.4, 0.5) is 0 Å². The number of nitrogens with zero attached hydrogens (tertiary/aromatic N) is 2. The standard InChI is InChI=1S/C8H11N3O/c1-4-6(2)9-5-8-7(3)10-12-11-8/h1,6,9H,5H2,2-3H3. The maximum atomic E-state index is 5.18. The van der Waals surface area contributed by atoms with Crippen molar-refractivity contribution in [1.29, 1.82) is 0 Å². The zero-order valence-corrected chi connectivity index (χ0v) is 7.16. The molecule has 12 heavy (non-hydrogen) atoms. The van der Waals surface area contributed by atoms with Crippen molar-refractivity contribution < 1.29 is 4.63 Å². The zero-order valence-electron chi connectivity index (χ0n) is 7.16. The second-order valence-corrected chi connectivity index (χ2v) is 2.57. The summed E-state index contributed by atoms with van der Waals surface area (Å²) in [6.07, 6.45) is 5.18. The van der Waals surface area contributed by atoms with E-state index in [9.17, 15) is 0 Å². The van der Waals surface area contributed by atoms with Crippen LogP contribution in [0.2, 0.25) is 0 Å². The third kappa shape index (κ3) is 2.07. The average Bonchev–Trinajstić information content (AvgIpc) is 2.47. The molecular formula is C8H11N3O. The van der Waals surface area contributed by atoms with E-state index < -0.39 is 0 Å². The summed E-state index contributed by atoms with van der Waals surface area (Å²) in [5.41, 5.74) is 1.60. The molecule has 1 aromatic rings. The fourth-order valence-corrected chi connectivity index (χ4v) is 0.719. The third-order valence-corrected chi connectivity index (χ3v) is 1.57. The minimum Gasteiger partial charge on any atom is -0.298 e. The first-order chi connectivity index (χ1) is 5.74. The summed E-state index contributed by atoms with van der Waals surface area (Å²) in [4.78, 5) is 0. The molecule has 1 N–H and O–H groups in total. The lowest BCUT2D eigenvalue weighted by atomic mass is 10.3. The van der Waals surface area contributed by atoms with Crippen LogP contribution in [0.5, 0.6) is 0 Å². The van der Waals surface area contributed by atoms with E-state index in [-0.39, 0.29) is 6.04 Å². The summed E-state index contributed by atoms with van der Waals surface area (Å²) in [5.74, 6) is 2.56. The van der Waals surface area contributed by atoms with Gasteiger partial charge in [-0.25, -0.2) is 4.63 Å². The van der Waals surface area contributed by atoms with E-state index in [2.05, 4.69) is 26.2 Å². The fraction of sp³-hybridized carbons (Fsp3) is 0.500. The summed E-state index contributed by atoms with van der Waals surface area (Å²) < 4.78 is 4.52. The fourth-order valence-electron chi connectivity index (χ4n) is 0.719. The van der Waals surface area contributed by atoms with Gasteiger partial charge < -0.3 is 0 Å². The van der Waals surface area contributed by atoms with E-state index in [0.29, 0.717) is 6.54 Å². The van der Waals surface area contributed by atoms with Gasteiger partial charge in [-0.15, -0.1) is 6.42 Å². The van der Waals surface area contributed by atoms with Crippen LogP contribution in [0.3, 0.4) is 0 Å². The molecule has 0 radical (unpaired) electrons. The molecule has 0 aliphatic heterocycles. The predicted molar refractivity (Wildman–Crippen MR) is 44.2 cm³/mol. The monoisotopic (exact) mass is 165 g/mol. The van der Waals surface area contributed by atoms with Crippen LogP contribution in [0, 0.1) is 19.3 Å². The molecule has 0 aliphatic carbocycles. The van der Waals surface area contributed by atoms with Crippen LogP contribution in [-0.2, 0) is 6.54 Å². The highest BCUT2D eigenvalue weighted by molar-refractivity contribution is 5.05. The quantitative estimate of drug-likeness (QED) is 0.662. The Morgan fingerprint density at radius 3 is 2.92 bits per heavy atom. The van der Waals surface area contributed by atoms with Gasteiger partial charge in [-0.1, -0.05) is 16.2 Å². The van der Waals surface area contributed by atoms with Crippen LogP contribution in [0.1, 0.15) is 18.3 Å². The van der Waals surface area contributed by atoms with Gasteiger partial charge in [0.25, 0.3) is 0 Å². The van der Waals surface area contributed by atoms with Gasteiger partial charge in [0.05, 0.1) is 6.04 Å².